The second-order valence-corrected chi connectivity index (χ2v) is 5.23. The molecule has 1 heterocycles. The Bertz CT molecular complexity index is 507. The van der Waals surface area contributed by atoms with E-state index < -0.39 is 31.8 Å². The molecule has 0 atom stereocenters. The first-order valence-electron chi connectivity index (χ1n) is 3.84. The molecule has 0 saturated carbocycles. The summed E-state index contributed by atoms with van der Waals surface area (Å²) in [6.45, 7) is 0. The molecule has 0 saturated heterocycles. The van der Waals surface area contributed by atoms with Crippen molar-refractivity contribution in [2.75, 3.05) is 12.8 Å². The Labute approximate surface area is 94.6 Å². The number of methoxy groups -OCH3 is 1. The second-order valence-electron chi connectivity index (χ2n) is 2.70. The van der Waals surface area contributed by atoms with E-state index in [0.717, 1.165) is 13.2 Å². The monoisotopic (exact) mass is 272 g/mol. The van der Waals surface area contributed by atoms with Crippen LogP contribution in [-0.4, -0.2) is 20.5 Å². The molecule has 16 heavy (non-hydrogen) atoms. The Morgan fingerprint density at radius 2 is 2.12 bits per heavy atom. The minimum atomic E-state index is -4.23. The lowest BCUT2D eigenvalue weighted by Gasteiger charge is -2.09. The number of aromatic nitrogens is 1. The summed E-state index contributed by atoms with van der Waals surface area (Å²) in [5.41, 5.74) is 3.68. The van der Waals surface area contributed by atoms with Gasteiger partial charge in [0.15, 0.2) is 0 Å². The SMILES string of the molecule is COc1cc(S(=O)(=O)Cl)c(N)c(C(F)F)n1. The van der Waals surface area contributed by atoms with Gasteiger partial charge in [-0.1, -0.05) is 0 Å². The maximum Gasteiger partial charge on any atom is 0.282 e. The van der Waals surface area contributed by atoms with Crippen LogP contribution >= 0.6 is 10.7 Å². The van der Waals surface area contributed by atoms with Crippen molar-refractivity contribution in [2.24, 2.45) is 0 Å². The van der Waals surface area contributed by atoms with E-state index in [2.05, 4.69) is 9.72 Å². The zero-order chi connectivity index (χ0) is 12.5. The average Bonchev–Trinajstić information content (AvgIpc) is 2.15. The van der Waals surface area contributed by atoms with Crippen LogP contribution in [0.2, 0.25) is 0 Å². The fraction of sp³-hybridized carbons (Fsp3) is 0.286. The molecule has 0 aromatic carbocycles. The molecule has 1 aromatic heterocycles. The van der Waals surface area contributed by atoms with E-state index in [4.69, 9.17) is 16.4 Å². The number of nitrogens with two attached hydrogens (primary N) is 1. The van der Waals surface area contributed by atoms with E-state index >= 15 is 0 Å². The van der Waals surface area contributed by atoms with E-state index in [1.54, 1.807) is 0 Å². The Kier molecular flexibility index (Phi) is 3.54. The highest BCUT2D eigenvalue weighted by atomic mass is 35.7. The molecule has 0 bridgehead atoms. The summed E-state index contributed by atoms with van der Waals surface area (Å²) in [4.78, 5) is 2.70. The molecule has 0 aliphatic carbocycles. The van der Waals surface area contributed by atoms with Gasteiger partial charge in [-0.3, -0.25) is 0 Å². The Morgan fingerprint density at radius 1 is 1.56 bits per heavy atom. The van der Waals surface area contributed by atoms with Crippen molar-refractivity contribution in [3.63, 3.8) is 0 Å². The van der Waals surface area contributed by atoms with Crippen LogP contribution in [0.3, 0.4) is 0 Å². The van der Waals surface area contributed by atoms with Crippen molar-refractivity contribution in [3.8, 4) is 5.88 Å². The fourth-order valence-corrected chi connectivity index (χ4v) is 1.99. The average molecular weight is 273 g/mol. The van der Waals surface area contributed by atoms with Crippen molar-refractivity contribution in [2.45, 2.75) is 11.3 Å². The lowest BCUT2D eigenvalue weighted by molar-refractivity contribution is 0.145. The largest absolute Gasteiger partial charge is 0.481 e. The second kappa shape index (κ2) is 4.38. The van der Waals surface area contributed by atoms with Crippen molar-refractivity contribution >= 4 is 25.4 Å². The van der Waals surface area contributed by atoms with E-state index in [1.165, 1.54) is 0 Å². The zero-order valence-corrected chi connectivity index (χ0v) is 9.52. The van der Waals surface area contributed by atoms with Crippen LogP contribution in [0, 0.1) is 0 Å². The van der Waals surface area contributed by atoms with Gasteiger partial charge in [-0.25, -0.2) is 22.2 Å². The van der Waals surface area contributed by atoms with Gasteiger partial charge in [-0.05, 0) is 0 Å². The number of hydrogen-bond donors (Lipinski definition) is 1. The number of alkyl halides is 2. The van der Waals surface area contributed by atoms with Gasteiger partial charge in [0, 0.05) is 16.7 Å². The minimum Gasteiger partial charge on any atom is -0.481 e. The molecule has 90 valence electrons. The number of hydrogen-bond acceptors (Lipinski definition) is 5. The summed E-state index contributed by atoms with van der Waals surface area (Å²) in [7, 11) is 1.96. The maximum absolute atomic E-state index is 12.5. The Hall–Kier alpha value is -1.15. The molecule has 5 nitrogen and oxygen atoms in total. The van der Waals surface area contributed by atoms with Crippen LogP contribution in [0.5, 0.6) is 5.88 Å². The molecule has 9 heteroatoms. The highest BCUT2D eigenvalue weighted by Crippen LogP contribution is 2.33. The van der Waals surface area contributed by atoms with Gasteiger partial charge in [-0.2, -0.15) is 0 Å². The Morgan fingerprint density at radius 3 is 2.50 bits per heavy atom. The quantitative estimate of drug-likeness (QED) is 0.844. The van der Waals surface area contributed by atoms with Crippen LogP contribution < -0.4 is 10.5 Å². The topological polar surface area (TPSA) is 82.3 Å². The van der Waals surface area contributed by atoms with Crippen molar-refractivity contribution in [1.29, 1.82) is 0 Å². The molecule has 2 N–H and O–H groups in total. The molecule has 0 spiro atoms. The molecule has 0 radical (unpaired) electrons. The molecular formula is C7H7ClF2N2O3S. The molecule has 1 rings (SSSR count). The molecule has 1 aromatic rings. The summed E-state index contributed by atoms with van der Waals surface area (Å²) in [6, 6.07) is 0.879. The van der Waals surface area contributed by atoms with Gasteiger partial charge in [0.1, 0.15) is 10.6 Å². The predicted molar refractivity (Wildman–Crippen MR) is 53.2 cm³/mol. The van der Waals surface area contributed by atoms with E-state index in [0.29, 0.717) is 0 Å². The first-order valence-corrected chi connectivity index (χ1v) is 6.15. The molecular weight excluding hydrogens is 266 g/mol. The van der Waals surface area contributed by atoms with Gasteiger partial charge < -0.3 is 10.5 Å². The van der Waals surface area contributed by atoms with Gasteiger partial charge in [0.05, 0.1) is 12.8 Å². The first kappa shape index (κ1) is 12.9. The number of ether oxygens (including phenoxy) is 1. The normalized spacial score (nSPS) is 11.8. The summed E-state index contributed by atoms with van der Waals surface area (Å²) >= 11 is 0. The maximum atomic E-state index is 12.5. The predicted octanol–water partition coefficient (Wildman–Crippen LogP) is 1.54. The number of nitrogen functional groups attached to an aromatic ring is 1. The minimum absolute atomic E-state index is 0.302. The van der Waals surface area contributed by atoms with Crippen LogP contribution in [0.1, 0.15) is 12.1 Å². The molecule has 0 unspecified atom stereocenters. The number of anilines is 1. The van der Waals surface area contributed by atoms with Crippen molar-refractivity contribution < 1.29 is 21.9 Å². The molecule has 0 aliphatic rings. The van der Waals surface area contributed by atoms with Crippen molar-refractivity contribution in [3.05, 3.63) is 11.8 Å². The highest BCUT2D eigenvalue weighted by Gasteiger charge is 2.24. The number of halogens is 3. The third-order valence-electron chi connectivity index (χ3n) is 1.71. The van der Waals surface area contributed by atoms with Gasteiger partial charge in [0.25, 0.3) is 15.5 Å². The molecule has 0 fully saturated rings. The number of nitrogens with zero attached hydrogens (tertiary/aromatic N) is 1. The summed E-state index contributed by atoms with van der Waals surface area (Å²) in [6.07, 6.45) is -3.02. The van der Waals surface area contributed by atoms with Gasteiger partial charge >= 0.3 is 0 Å². The molecule has 0 amide bonds. The van der Waals surface area contributed by atoms with Gasteiger partial charge in [0.2, 0.25) is 5.88 Å². The van der Waals surface area contributed by atoms with E-state index in [-0.39, 0.29) is 5.88 Å². The van der Waals surface area contributed by atoms with Gasteiger partial charge in [-0.15, -0.1) is 0 Å². The van der Waals surface area contributed by atoms with Crippen LogP contribution in [0.25, 0.3) is 0 Å². The summed E-state index contributed by atoms with van der Waals surface area (Å²) in [5, 5.41) is 0. The smallest absolute Gasteiger partial charge is 0.282 e. The van der Waals surface area contributed by atoms with Crippen molar-refractivity contribution in [1.82, 2.24) is 4.98 Å². The summed E-state index contributed by atoms with van der Waals surface area (Å²) < 4.78 is 51.6. The highest BCUT2D eigenvalue weighted by molar-refractivity contribution is 8.13. The summed E-state index contributed by atoms with van der Waals surface area (Å²) in [5.74, 6) is -0.302. The fourth-order valence-electron chi connectivity index (χ4n) is 1.000. The van der Waals surface area contributed by atoms with Crippen LogP contribution in [0.4, 0.5) is 14.5 Å². The lowest BCUT2D eigenvalue weighted by atomic mass is 10.3. The number of pyridine rings is 1. The third-order valence-corrected chi connectivity index (χ3v) is 3.07. The van der Waals surface area contributed by atoms with Crippen LogP contribution in [0.15, 0.2) is 11.0 Å². The Balaban J connectivity index is 3.56. The third kappa shape index (κ3) is 2.50. The molecule has 0 aliphatic heterocycles. The van der Waals surface area contributed by atoms with E-state index in [9.17, 15) is 17.2 Å². The zero-order valence-electron chi connectivity index (χ0n) is 7.95. The van der Waals surface area contributed by atoms with Crippen LogP contribution in [-0.2, 0) is 9.05 Å². The standard InChI is InChI=1S/C7H7ClF2N2O3S/c1-15-4-2-3(16(8,13)14)5(11)6(12-4)7(9)10/h2,7H,11H2,1H3. The first-order chi connectivity index (χ1) is 7.27. The van der Waals surface area contributed by atoms with E-state index in [1.807, 2.05) is 0 Å². The number of rotatable bonds is 3. The lowest BCUT2D eigenvalue weighted by Crippen LogP contribution is -2.06.